The summed E-state index contributed by atoms with van der Waals surface area (Å²) in [5.41, 5.74) is 5.15. The fraction of sp³-hybridized carbons (Fsp3) is 0.364. The predicted molar refractivity (Wildman–Crippen MR) is 117 cm³/mol. The Morgan fingerprint density at radius 1 is 1.20 bits per heavy atom. The Morgan fingerprint density at radius 2 is 2.10 bits per heavy atom. The van der Waals surface area contributed by atoms with Crippen LogP contribution in [0, 0.1) is 0 Å². The van der Waals surface area contributed by atoms with E-state index in [1.165, 1.54) is 28.6 Å². The summed E-state index contributed by atoms with van der Waals surface area (Å²) in [6.45, 7) is 2.00. The van der Waals surface area contributed by atoms with E-state index in [2.05, 4.69) is 22.9 Å². The average molecular weight is 425 g/mol. The van der Waals surface area contributed by atoms with Gasteiger partial charge >= 0.3 is 7.12 Å². The average Bonchev–Trinajstić information content (AvgIpc) is 3.48. The maximum absolute atomic E-state index is 9.85. The van der Waals surface area contributed by atoms with Gasteiger partial charge in [-0.3, -0.25) is 4.72 Å². The van der Waals surface area contributed by atoms with Crippen molar-refractivity contribution < 1.29 is 23.9 Å². The molecule has 2 aromatic carbocycles. The molecule has 0 amide bonds. The highest BCUT2D eigenvalue weighted by molar-refractivity contribution is 7.96. The molecule has 2 atom stereocenters. The van der Waals surface area contributed by atoms with Crippen LogP contribution in [0.4, 0.5) is 0 Å². The number of para-hydroxylation sites is 1. The van der Waals surface area contributed by atoms with Crippen molar-refractivity contribution in [1.82, 2.24) is 4.72 Å². The molecule has 30 heavy (non-hydrogen) atoms. The lowest BCUT2D eigenvalue weighted by Crippen LogP contribution is -2.42. The Bertz CT molecular complexity index is 1030. The molecule has 8 heteroatoms. The molecule has 3 heterocycles. The first kappa shape index (κ1) is 20.1. The van der Waals surface area contributed by atoms with Crippen LogP contribution in [0.3, 0.4) is 0 Å². The maximum Gasteiger partial charge on any atom is 0.470 e. The second-order valence-electron chi connectivity index (χ2n) is 7.96. The Kier molecular flexibility index (Phi) is 5.62. The van der Waals surface area contributed by atoms with E-state index in [-0.39, 0.29) is 5.60 Å². The molecule has 3 N–H and O–H groups in total. The van der Waals surface area contributed by atoms with Gasteiger partial charge < -0.3 is 23.9 Å². The van der Waals surface area contributed by atoms with Crippen LogP contribution in [0.15, 0.2) is 53.1 Å². The number of ether oxygens (including phenoxy) is 2. The highest BCUT2D eigenvalue weighted by atomic mass is 32.2. The van der Waals surface area contributed by atoms with Crippen LogP contribution in [0.5, 0.6) is 0 Å². The number of benzene rings is 2. The van der Waals surface area contributed by atoms with Gasteiger partial charge in [-0.25, -0.2) is 0 Å². The summed E-state index contributed by atoms with van der Waals surface area (Å²) in [6, 6.07) is 14.2. The van der Waals surface area contributed by atoms with Gasteiger partial charge in [-0.2, -0.15) is 0 Å². The molecule has 1 unspecified atom stereocenters. The molecule has 3 aromatic rings. The van der Waals surface area contributed by atoms with E-state index in [9.17, 15) is 10.0 Å². The lowest BCUT2D eigenvalue weighted by molar-refractivity contribution is -0.0421. The van der Waals surface area contributed by atoms with Crippen LogP contribution in [-0.4, -0.2) is 36.3 Å². The van der Waals surface area contributed by atoms with Gasteiger partial charge in [0, 0.05) is 24.2 Å². The maximum atomic E-state index is 9.85. The van der Waals surface area contributed by atoms with E-state index in [1.54, 1.807) is 6.26 Å². The Balaban J connectivity index is 1.22. The van der Waals surface area contributed by atoms with Gasteiger partial charge in [0.2, 0.25) is 0 Å². The summed E-state index contributed by atoms with van der Waals surface area (Å²) >= 11 is 1.47. The first-order valence-electron chi connectivity index (χ1n) is 10.2. The minimum atomic E-state index is -1.47. The standard InChI is InChI=1S/C22H24BNO5S/c25-23(26)21(10-16-11-28-20-4-2-1-3-18(16)20)24-30-13-15-5-6-19-17(9-15)12-29-22(19)7-8-27-14-22/h1-6,9,11,21,24-26H,7-8,10,12-14H2/t21-,22?/m0/s1. The molecule has 1 aromatic heterocycles. The highest BCUT2D eigenvalue weighted by Crippen LogP contribution is 2.42. The van der Waals surface area contributed by atoms with Crippen molar-refractivity contribution in [3.8, 4) is 0 Å². The second-order valence-corrected chi connectivity index (χ2v) is 8.78. The van der Waals surface area contributed by atoms with Gasteiger partial charge in [-0.05, 0) is 34.7 Å². The molecule has 5 rings (SSSR count). The third-order valence-corrected chi connectivity index (χ3v) is 6.93. The molecule has 2 aliphatic rings. The monoisotopic (exact) mass is 425 g/mol. The second kappa shape index (κ2) is 8.38. The summed E-state index contributed by atoms with van der Waals surface area (Å²) < 4.78 is 20.4. The molecule has 1 saturated heterocycles. The van der Waals surface area contributed by atoms with Crippen molar-refractivity contribution in [2.75, 3.05) is 13.2 Å². The van der Waals surface area contributed by atoms with Gasteiger partial charge in [-0.15, -0.1) is 0 Å². The molecule has 6 nitrogen and oxygen atoms in total. The smallest absolute Gasteiger partial charge is 0.464 e. The van der Waals surface area contributed by atoms with Crippen LogP contribution in [-0.2, 0) is 33.9 Å². The van der Waals surface area contributed by atoms with Crippen molar-refractivity contribution in [3.05, 3.63) is 71.0 Å². The van der Waals surface area contributed by atoms with Crippen molar-refractivity contribution >= 4 is 30.0 Å². The van der Waals surface area contributed by atoms with Gasteiger partial charge in [0.1, 0.15) is 11.2 Å². The number of hydrogen-bond acceptors (Lipinski definition) is 7. The molecule has 0 radical (unpaired) electrons. The van der Waals surface area contributed by atoms with Crippen molar-refractivity contribution in [2.24, 2.45) is 0 Å². The zero-order chi connectivity index (χ0) is 20.6. The van der Waals surface area contributed by atoms with Crippen LogP contribution in [0.1, 0.15) is 28.7 Å². The van der Waals surface area contributed by atoms with Crippen LogP contribution < -0.4 is 4.72 Å². The molecule has 1 spiro atoms. The van der Waals surface area contributed by atoms with Gasteiger partial charge in [0.25, 0.3) is 0 Å². The number of fused-ring (bicyclic) bond motifs is 3. The summed E-state index contributed by atoms with van der Waals surface area (Å²) in [7, 11) is -1.47. The van der Waals surface area contributed by atoms with E-state index in [0.29, 0.717) is 25.4 Å². The van der Waals surface area contributed by atoms with Gasteiger partial charge in [0.15, 0.2) is 0 Å². The lowest BCUT2D eigenvalue weighted by atomic mass is 9.77. The molecule has 0 bridgehead atoms. The number of hydrogen-bond donors (Lipinski definition) is 3. The first-order chi connectivity index (χ1) is 14.6. The molecular formula is C22H24BNO5S. The predicted octanol–water partition coefficient (Wildman–Crippen LogP) is 2.94. The summed E-state index contributed by atoms with van der Waals surface area (Å²) in [5, 5.41) is 20.7. The molecule has 0 saturated carbocycles. The molecule has 0 aliphatic carbocycles. The summed E-state index contributed by atoms with van der Waals surface area (Å²) in [6.07, 6.45) is 3.06. The zero-order valence-electron chi connectivity index (χ0n) is 16.5. The molecule has 156 valence electrons. The van der Waals surface area contributed by atoms with E-state index in [0.717, 1.165) is 29.6 Å². The largest absolute Gasteiger partial charge is 0.470 e. The van der Waals surface area contributed by atoms with E-state index >= 15 is 0 Å². The van der Waals surface area contributed by atoms with E-state index in [1.807, 2.05) is 24.3 Å². The summed E-state index contributed by atoms with van der Waals surface area (Å²) in [4.78, 5) is 0. The third kappa shape index (κ3) is 3.79. The van der Waals surface area contributed by atoms with Crippen LogP contribution in [0.2, 0.25) is 0 Å². The van der Waals surface area contributed by atoms with Gasteiger partial charge in [-0.1, -0.05) is 48.3 Å². The normalized spacial score (nSPS) is 21.4. The quantitative estimate of drug-likeness (QED) is 0.397. The number of furan rings is 1. The minimum Gasteiger partial charge on any atom is -0.464 e. The fourth-order valence-electron chi connectivity index (χ4n) is 4.33. The topological polar surface area (TPSA) is 84.1 Å². The Labute approximate surface area is 179 Å². The van der Waals surface area contributed by atoms with Crippen molar-refractivity contribution in [3.63, 3.8) is 0 Å². The summed E-state index contributed by atoms with van der Waals surface area (Å²) in [5.74, 6) is 0.208. The fourth-order valence-corrected chi connectivity index (χ4v) is 5.18. The van der Waals surface area contributed by atoms with Crippen molar-refractivity contribution in [1.29, 1.82) is 0 Å². The van der Waals surface area contributed by atoms with E-state index in [4.69, 9.17) is 13.9 Å². The number of nitrogens with one attached hydrogen (secondary N) is 1. The third-order valence-electron chi connectivity index (χ3n) is 5.98. The minimum absolute atomic E-state index is 0.251. The Morgan fingerprint density at radius 3 is 2.93 bits per heavy atom. The lowest BCUT2D eigenvalue weighted by Gasteiger charge is -2.21. The van der Waals surface area contributed by atoms with Gasteiger partial charge in [0.05, 0.1) is 25.4 Å². The first-order valence-corrected chi connectivity index (χ1v) is 11.2. The Hall–Kier alpha value is -1.81. The SMILES string of the molecule is OB(O)[C@H](Cc1coc2ccccc12)NSCc1ccc2c(c1)COC21CCOC1. The highest BCUT2D eigenvalue weighted by Gasteiger charge is 2.43. The molecular weight excluding hydrogens is 401 g/mol. The molecule has 2 aliphatic heterocycles. The van der Waals surface area contributed by atoms with E-state index < -0.39 is 13.1 Å². The van der Waals surface area contributed by atoms with Crippen molar-refractivity contribution in [2.45, 2.75) is 36.7 Å². The zero-order valence-corrected chi connectivity index (χ0v) is 17.4. The molecule has 1 fully saturated rings. The van der Waals surface area contributed by atoms with Crippen LogP contribution >= 0.6 is 11.9 Å². The number of rotatable bonds is 7. The van der Waals surface area contributed by atoms with Crippen LogP contribution in [0.25, 0.3) is 11.0 Å².